The summed E-state index contributed by atoms with van der Waals surface area (Å²) >= 11 is 0. The zero-order chi connectivity index (χ0) is 25.1. The molecule has 0 saturated carbocycles. The van der Waals surface area contributed by atoms with Crippen molar-refractivity contribution in [2.75, 3.05) is 52.9 Å². The molecule has 2 saturated heterocycles. The number of likely N-dealkylation sites (N-methyl/N-ethyl adjacent to an activating group) is 1. The third-order valence-corrected chi connectivity index (χ3v) is 8.90. The Morgan fingerprint density at radius 1 is 0.971 bits per heavy atom. The van der Waals surface area contributed by atoms with E-state index >= 15 is 0 Å². The van der Waals surface area contributed by atoms with E-state index in [2.05, 4.69) is 4.90 Å². The third kappa shape index (κ3) is 5.99. The lowest BCUT2D eigenvalue weighted by Crippen LogP contribution is -2.51. The van der Waals surface area contributed by atoms with Crippen LogP contribution in [0.3, 0.4) is 0 Å². The molecule has 35 heavy (non-hydrogen) atoms. The minimum Gasteiger partial charge on any atom is -0.493 e. The number of benzene rings is 2. The molecule has 7 nitrogen and oxygen atoms in total. The van der Waals surface area contributed by atoms with Crippen molar-refractivity contribution in [3.63, 3.8) is 0 Å². The normalized spacial score (nSPS) is 19.5. The average molecular weight is 508 g/mol. The lowest BCUT2D eigenvalue weighted by Gasteiger charge is -2.42. The average Bonchev–Trinajstić information content (AvgIpc) is 2.84. The van der Waals surface area contributed by atoms with Gasteiger partial charge in [-0.1, -0.05) is 18.2 Å². The molecular weight excluding hydrogens is 476 g/mol. The first-order valence-electron chi connectivity index (χ1n) is 11.8. The molecule has 2 aromatic carbocycles. The predicted octanol–water partition coefficient (Wildman–Crippen LogP) is 2.98. The van der Waals surface area contributed by atoms with E-state index in [-0.39, 0.29) is 32.0 Å². The van der Waals surface area contributed by atoms with Crippen LogP contribution in [0.25, 0.3) is 0 Å². The van der Waals surface area contributed by atoms with E-state index in [0.29, 0.717) is 37.7 Å². The van der Waals surface area contributed by atoms with Crippen LogP contribution in [0.15, 0.2) is 53.4 Å². The maximum Gasteiger partial charge on any atom is 0.245 e. The molecule has 10 heteroatoms. The fourth-order valence-corrected chi connectivity index (χ4v) is 6.12. The first-order valence-corrected chi connectivity index (χ1v) is 13.2. The van der Waals surface area contributed by atoms with E-state index in [1.165, 1.54) is 4.31 Å². The Balaban J connectivity index is 1.49. The zero-order valence-electron chi connectivity index (χ0n) is 19.8. The standard InChI is InChI=1S/C25H31F2N3O4S/c1-28-13-15-29(16-14-28)24(31)18-25(19-34-21-5-3-2-4-6-21)9-11-30(12-10-25)35(32,33)23-8-7-20(26)17-22(23)27/h2-8,17H,9-16,18-19H2,1H3. The number of rotatable bonds is 7. The fourth-order valence-electron chi connectivity index (χ4n) is 4.64. The number of halogens is 2. The smallest absolute Gasteiger partial charge is 0.245 e. The quantitative estimate of drug-likeness (QED) is 0.577. The Morgan fingerprint density at radius 2 is 1.63 bits per heavy atom. The molecule has 1 amide bonds. The molecule has 2 aliphatic rings. The minimum absolute atomic E-state index is 0.0376. The molecule has 4 rings (SSSR count). The zero-order valence-corrected chi connectivity index (χ0v) is 20.6. The highest BCUT2D eigenvalue weighted by molar-refractivity contribution is 7.89. The summed E-state index contributed by atoms with van der Waals surface area (Å²) < 4.78 is 60.9. The van der Waals surface area contributed by atoms with Gasteiger partial charge in [0.2, 0.25) is 15.9 Å². The summed E-state index contributed by atoms with van der Waals surface area (Å²) in [5, 5.41) is 0. The van der Waals surface area contributed by atoms with Gasteiger partial charge in [0, 0.05) is 57.2 Å². The molecule has 0 aliphatic carbocycles. The van der Waals surface area contributed by atoms with Gasteiger partial charge >= 0.3 is 0 Å². The van der Waals surface area contributed by atoms with Crippen LogP contribution in [0.4, 0.5) is 8.78 Å². The Kier molecular flexibility index (Phi) is 7.73. The van der Waals surface area contributed by atoms with Crippen molar-refractivity contribution in [2.24, 2.45) is 5.41 Å². The number of para-hydroxylation sites is 1. The highest BCUT2D eigenvalue weighted by Gasteiger charge is 2.42. The van der Waals surface area contributed by atoms with Gasteiger partial charge in [-0.05, 0) is 44.2 Å². The summed E-state index contributed by atoms with van der Waals surface area (Å²) in [7, 11) is -2.11. The van der Waals surface area contributed by atoms with Gasteiger partial charge in [0.05, 0.1) is 6.61 Å². The van der Waals surface area contributed by atoms with Gasteiger partial charge in [0.1, 0.15) is 22.3 Å². The van der Waals surface area contributed by atoms with Gasteiger partial charge in [0.25, 0.3) is 0 Å². The Labute approximate surface area is 205 Å². The lowest BCUT2D eigenvalue weighted by molar-refractivity contribution is -0.136. The first kappa shape index (κ1) is 25.5. The number of amides is 1. The number of carbonyl (C=O) groups excluding carboxylic acids is 1. The largest absolute Gasteiger partial charge is 0.493 e. The third-order valence-electron chi connectivity index (χ3n) is 6.97. The van der Waals surface area contributed by atoms with Gasteiger partial charge in [-0.3, -0.25) is 4.79 Å². The van der Waals surface area contributed by atoms with Gasteiger partial charge in [-0.2, -0.15) is 4.31 Å². The van der Waals surface area contributed by atoms with Crippen LogP contribution in [0.2, 0.25) is 0 Å². The summed E-state index contributed by atoms with van der Waals surface area (Å²) in [6, 6.07) is 11.8. The number of piperidine rings is 1. The van der Waals surface area contributed by atoms with Gasteiger partial charge in [-0.15, -0.1) is 0 Å². The molecule has 2 aromatic rings. The lowest BCUT2D eigenvalue weighted by atomic mass is 9.76. The van der Waals surface area contributed by atoms with Crippen molar-refractivity contribution in [2.45, 2.75) is 24.2 Å². The number of piperazine rings is 1. The summed E-state index contributed by atoms with van der Waals surface area (Å²) in [6.45, 7) is 3.46. The van der Waals surface area contributed by atoms with Crippen molar-refractivity contribution in [3.05, 3.63) is 60.2 Å². The summed E-state index contributed by atoms with van der Waals surface area (Å²) in [4.78, 5) is 16.7. The van der Waals surface area contributed by atoms with Crippen LogP contribution < -0.4 is 4.74 Å². The molecule has 190 valence electrons. The second-order valence-electron chi connectivity index (χ2n) is 9.44. The number of ether oxygens (including phenoxy) is 1. The molecule has 0 radical (unpaired) electrons. The van der Waals surface area contributed by atoms with E-state index in [1.54, 1.807) is 0 Å². The van der Waals surface area contributed by atoms with Crippen LogP contribution in [0.1, 0.15) is 19.3 Å². The molecule has 2 heterocycles. The number of hydrogen-bond donors (Lipinski definition) is 0. The number of hydrogen-bond acceptors (Lipinski definition) is 5. The van der Waals surface area contributed by atoms with Gasteiger partial charge in [0.15, 0.2) is 0 Å². The molecule has 0 aromatic heterocycles. The molecule has 2 fully saturated rings. The molecule has 0 atom stereocenters. The first-order chi connectivity index (χ1) is 16.7. The SMILES string of the molecule is CN1CCN(C(=O)CC2(COc3ccccc3)CCN(S(=O)(=O)c3ccc(F)cc3F)CC2)CC1. The van der Waals surface area contributed by atoms with Gasteiger partial charge in [-0.25, -0.2) is 17.2 Å². The minimum atomic E-state index is -4.13. The Morgan fingerprint density at radius 3 is 2.26 bits per heavy atom. The molecule has 0 bridgehead atoms. The van der Waals surface area contributed by atoms with Crippen molar-refractivity contribution in [3.8, 4) is 5.75 Å². The molecule has 0 N–H and O–H groups in total. The summed E-state index contributed by atoms with van der Waals surface area (Å²) in [5.74, 6) is -1.22. The van der Waals surface area contributed by atoms with E-state index in [0.717, 1.165) is 25.2 Å². The van der Waals surface area contributed by atoms with Crippen LogP contribution in [-0.4, -0.2) is 81.4 Å². The van der Waals surface area contributed by atoms with Gasteiger partial charge < -0.3 is 14.5 Å². The summed E-state index contributed by atoms with van der Waals surface area (Å²) in [6.07, 6.45) is 1.03. The second kappa shape index (κ2) is 10.6. The molecule has 2 aliphatic heterocycles. The van der Waals surface area contributed by atoms with E-state index in [4.69, 9.17) is 4.74 Å². The van der Waals surface area contributed by atoms with Crippen molar-refractivity contribution < 1.29 is 26.7 Å². The van der Waals surface area contributed by atoms with Crippen molar-refractivity contribution >= 4 is 15.9 Å². The van der Waals surface area contributed by atoms with Crippen molar-refractivity contribution in [1.29, 1.82) is 0 Å². The maximum absolute atomic E-state index is 14.2. The molecule has 0 spiro atoms. The topological polar surface area (TPSA) is 70.2 Å². The Hall–Kier alpha value is -2.56. The fraction of sp³-hybridized carbons (Fsp3) is 0.480. The summed E-state index contributed by atoms with van der Waals surface area (Å²) in [5.41, 5.74) is -0.552. The van der Waals surface area contributed by atoms with Crippen LogP contribution in [0, 0.1) is 17.0 Å². The Bertz CT molecular complexity index is 1130. The second-order valence-corrected chi connectivity index (χ2v) is 11.3. The molecule has 0 unspecified atom stereocenters. The highest BCUT2D eigenvalue weighted by atomic mass is 32.2. The van der Waals surface area contributed by atoms with Crippen molar-refractivity contribution in [1.82, 2.24) is 14.1 Å². The van der Waals surface area contributed by atoms with E-state index in [1.807, 2.05) is 42.3 Å². The maximum atomic E-state index is 14.2. The van der Waals surface area contributed by atoms with Crippen LogP contribution in [-0.2, 0) is 14.8 Å². The number of sulfonamides is 1. The monoisotopic (exact) mass is 507 g/mol. The molecular formula is C25H31F2N3O4S. The highest BCUT2D eigenvalue weighted by Crippen LogP contribution is 2.38. The van der Waals surface area contributed by atoms with E-state index < -0.39 is 32.0 Å². The van der Waals surface area contributed by atoms with E-state index in [9.17, 15) is 22.0 Å². The number of carbonyl (C=O) groups is 1. The predicted molar refractivity (Wildman–Crippen MR) is 127 cm³/mol. The van der Waals surface area contributed by atoms with Crippen LogP contribution >= 0.6 is 0 Å². The number of nitrogens with zero attached hydrogens (tertiary/aromatic N) is 3. The van der Waals surface area contributed by atoms with Crippen LogP contribution in [0.5, 0.6) is 5.75 Å².